The molecule has 0 aliphatic carbocycles. The molecule has 9 heteroatoms. The largest absolute Gasteiger partial charge is 0.342 e. The highest BCUT2D eigenvalue weighted by atomic mass is 35.5. The predicted molar refractivity (Wildman–Crippen MR) is 114 cm³/mol. The number of hydrogen-bond acceptors (Lipinski definition) is 4. The molecule has 2 aromatic carbocycles. The van der Waals surface area contributed by atoms with Gasteiger partial charge in [0.25, 0.3) is 5.91 Å². The molecule has 5 nitrogen and oxygen atoms in total. The van der Waals surface area contributed by atoms with Crippen molar-refractivity contribution in [2.45, 2.75) is 23.9 Å². The van der Waals surface area contributed by atoms with Gasteiger partial charge < -0.3 is 9.88 Å². The maximum absolute atomic E-state index is 12.5. The molecule has 3 aromatic rings. The van der Waals surface area contributed by atoms with Gasteiger partial charge in [0.2, 0.25) is 0 Å². The SMILES string of the molecule is C[C@@H](NC(=O)c1ccc(Cl)c(Cl)c1)c1nnc(SCc2ccc(Cl)cc2)n1C. The Morgan fingerprint density at radius 3 is 2.50 bits per heavy atom. The van der Waals surface area contributed by atoms with Crippen LogP contribution >= 0.6 is 46.6 Å². The Labute approximate surface area is 182 Å². The molecule has 1 heterocycles. The first-order valence-corrected chi connectivity index (χ1v) is 10.5. The Morgan fingerprint density at radius 2 is 1.82 bits per heavy atom. The molecule has 0 aliphatic heterocycles. The Hall–Kier alpha value is -1.73. The highest BCUT2D eigenvalue weighted by Gasteiger charge is 2.19. The van der Waals surface area contributed by atoms with E-state index in [0.717, 1.165) is 16.5 Å². The van der Waals surface area contributed by atoms with Gasteiger partial charge in [-0.15, -0.1) is 10.2 Å². The molecule has 1 atom stereocenters. The summed E-state index contributed by atoms with van der Waals surface area (Å²) in [7, 11) is 1.88. The van der Waals surface area contributed by atoms with Crippen molar-refractivity contribution < 1.29 is 4.79 Å². The number of nitrogens with one attached hydrogen (secondary N) is 1. The maximum Gasteiger partial charge on any atom is 0.251 e. The number of hydrogen-bond donors (Lipinski definition) is 1. The average molecular weight is 456 g/mol. The van der Waals surface area contributed by atoms with E-state index in [2.05, 4.69) is 15.5 Å². The predicted octanol–water partition coefficient (Wildman–Crippen LogP) is 5.56. The smallest absolute Gasteiger partial charge is 0.251 e. The number of carbonyl (C=O) groups excluding carboxylic acids is 1. The lowest BCUT2D eigenvalue weighted by Gasteiger charge is -2.14. The number of thioether (sulfide) groups is 1. The van der Waals surface area contributed by atoms with E-state index in [1.54, 1.807) is 23.9 Å². The van der Waals surface area contributed by atoms with Gasteiger partial charge in [-0.05, 0) is 42.8 Å². The van der Waals surface area contributed by atoms with Gasteiger partial charge in [-0.2, -0.15) is 0 Å². The maximum atomic E-state index is 12.5. The first-order valence-electron chi connectivity index (χ1n) is 8.37. The van der Waals surface area contributed by atoms with Crippen LogP contribution in [0.3, 0.4) is 0 Å². The molecule has 0 spiro atoms. The molecule has 3 rings (SSSR count). The monoisotopic (exact) mass is 454 g/mol. The first-order chi connectivity index (χ1) is 13.3. The Kier molecular flexibility index (Phi) is 6.88. The highest BCUT2D eigenvalue weighted by molar-refractivity contribution is 7.98. The molecule has 0 saturated carbocycles. The van der Waals surface area contributed by atoms with Gasteiger partial charge >= 0.3 is 0 Å². The summed E-state index contributed by atoms with van der Waals surface area (Å²) in [6, 6.07) is 12.1. The summed E-state index contributed by atoms with van der Waals surface area (Å²) >= 11 is 19.4. The van der Waals surface area contributed by atoms with Crippen LogP contribution in [-0.2, 0) is 12.8 Å². The molecule has 28 heavy (non-hydrogen) atoms. The minimum Gasteiger partial charge on any atom is -0.342 e. The van der Waals surface area contributed by atoms with E-state index in [-0.39, 0.29) is 11.9 Å². The topological polar surface area (TPSA) is 59.8 Å². The van der Waals surface area contributed by atoms with E-state index >= 15 is 0 Å². The van der Waals surface area contributed by atoms with E-state index < -0.39 is 0 Å². The van der Waals surface area contributed by atoms with Crippen LogP contribution in [0.15, 0.2) is 47.6 Å². The lowest BCUT2D eigenvalue weighted by molar-refractivity contribution is 0.0937. The lowest BCUT2D eigenvalue weighted by Crippen LogP contribution is -2.28. The molecule has 0 unspecified atom stereocenters. The number of nitrogens with zero attached hydrogens (tertiary/aromatic N) is 3. The summed E-state index contributed by atoms with van der Waals surface area (Å²) in [6.45, 7) is 1.85. The van der Waals surface area contributed by atoms with Crippen molar-refractivity contribution in [3.63, 3.8) is 0 Å². The first kappa shape index (κ1) is 21.0. The molecule has 0 aliphatic rings. The summed E-state index contributed by atoms with van der Waals surface area (Å²) in [6.07, 6.45) is 0. The van der Waals surface area contributed by atoms with E-state index in [1.807, 2.05) is 42.8 Å². The summed E-state index contributed by atoms with van der Waals surface area (Å²) in [5.41, 5.74) is 1.57. The summed E-state index contributed by atoms with van der Waals surface area (Å²) in [5.74, 6) is 1.14. The molecule has 1 N–H and O–H groups in total. The minimum atomic E-state index is -0.329. The van der Waals surface area contributed by atoms with Crippen LogP contribution in [0.25, 0.3) is 0 Å². The van der Waals surface area contributed by atoms with Gasteiger partial charge in [-0.1, -0.05) is 58.7 Å². The minimum absolute atomic E-state index is 0.260. The fourth-order valence-corrected chi connectivity index (χ4v) is 3.84. The summed E-state index contributed by atoms with van der Waals surface area (Å²) in [4.78, 5) is 12.5. The van der Waals surface area contributed by atoms with Gasteiger partial charge in [-0.25, -0.2) is 0 Å². The average Bonchev–Trinajstić information content (AvgIpc) is 3.04. The molecule has 0 radical (unpaired) electrons. The number of aromatic nitrogens is 3. The third kappa shape index (κ3) is 5.00. The molecular weight excluding hydrogens is 439 g/mol. The zero-order valence-corrected chi connectivity index (χ0v) is 18.2. The zero-order chi connectivity index (χ0) is 20.3. The van der Waals surface area contributed by atoms with E-state index in [1.165, 1.54) is 6.07 Å². The number of halogens is 3. The van der Waals surface area contributed by atoms with Gasteiger partial charge in [0.15, 0.2) is 11.0 Å². The molecule has 146 valence electrons. The lowest BCUT2D eigenvalue weighted by atomic mass is 10.2. The molecule has 1 amide bonds. The number of benzene rings is 2. The second kappa shape index (κ2) is 9.18. The van der Waals surface area contributed by atoms with Crippen molar-refractivity contribution in [2.24, 2.45) is 7.05 Å². The summed E-state index contributed by atoms with van der Waals surface area (Å²) < 4.78 is 1.88. The second-order valence-electron chi connectivity index (χ2n) is 6.14. The van der Waals surface area contributed by atoms with Gasteiger partial charge in [-0.3, -0.25) is 4.79 Å². The van der Waals surface area contributed by atoms with Crippen LogP contribution in [0.2, 0.25) is 15.1 Å². The van der Waals surface area contributed by atoms with Crippen LogP contribution in [0.5, 0.6) is 0 Å². The van der Waals surface area contributed by atoms with Gasteiger partial charge in [0, 0.05) is 23.4 Å². The van der Waals surface area contributed by atoms with Crippen LogP contribution < -0.4 is 5.32 Å². The summed E-state index contributed by atoms with van der Waals surface area (Å²) in [5, 5.41) is 13.6. The van der Waals surface area contributed by atoms with Crippen LogP contribution in [0.1, 0.15) is 34.7 Å². The fraction of sp³-hybridized carbons (Fsp3) is 0.211. The van der Waals surface area contributed by atoms with Crippen molar-refractivity contribution in [2.75, 3.05) is 0 Å². The third-order valence-electron chi connectivity index (χ3n) is 4.07. The van der Waals surface area contributed by atoms with Crippen molar-refractivity contribution in [1.82, 2.24) is 20.1 Å². The highest BCUT2D eigenvalue weighted by Crippen LogP contribution is 2.25. The molecule has 1 aromatic heterocycles. The van der Waals surface area contributed by atoms with Crippen molar-refractivity contribution in [1.29, 1.82) is 0 Å². The van der Waals surface area contributed by atoms with E-state index in [0.29, 0.717) is 26.5 Å². The number of carbonyl (C=O) groups is 1. The van der Waals surface area contributed by atoms with Gasteiger partial charge in [0.1, 0.15) is 0 Å². The van der Waals surface area contributed by atoms with E-state index in [4.69, 9.17) is 34.8 Å². The van der Waals surface area contributed by atoms with Crippen LogP contribution in [-0.4, -0.2) is 20.7 Å². The number of amides is 1. The van der Waals surface area contributed by atoms with Crippen molar-refractivity contribution in [3.05, 3.63) is 74.5 Å². The van der Waals surface area contributed by atoms with Crippen LogP contribution in [0, 0.1) is 0 Å². The standard InChI is InChI=1S/C19H17Cl3N4OS/c1-11(23-18(27)13-5-8-15(21)16(22)9-13)17-24-25-19(26(17)2)28-10-12-3-6-14(20)7-4-12/h3-9,11H,10H2,1-2H3,(H,23,27)/t11-/m1/s1. The quantitative estimate of drug-likeness (QED) is 0.494. The fourth-order valence-electron chi connectivity index (χ4n) is 2.54. The Bertz CT molecular complexity index is 991. The van der Waals surface area contributed by atoms with Gasteiger partial charge in [0.05, 0.1) is 16.1 Å². The Morgan fingerprint density at radius 1 is 1.11 bits per heavy atom. The number of rotatable bonds is 6. The molecule has 0 bridgehead atoms. The zero-order valence-electron chi connectivity index (χ0n) is 15.1. The Balaban J connectivity index is 1.65. The molecule has 0 fully saturated rings. The molecule has 0 saturated heterocycles. The van der Waals surface area contributed by atoms with Crippen LogP contribution in [0.4, 0.5) is 0 Å². The molecular formula is C19H17Cl3N4OS. The van der Waals surface area contributed by atoms with Crippen molar-refractivity contribution >= 4 is 52.5 Å². The second-order valence-corrected chi connectivity index (χ2v) is 8.33. The third-order valence-corrected chi connectivity index (χ3v) is 6.15. The normalized spacial score (nSPS) is 12.0. The van der Waals surface area contributed by atoms with E-state index in [9.17, 15) is 4.79 Å². The van der Waals surface area contributed by atoms with Crippen molar-refractivity contribution in [3.8, 4) is 0 Å².